The molecule has 2 amide bonds. The van der Waals surface area contributed by atoms with E-state index in [0.29, 0.717) is 38.4 Å². The Kier molecular flexibility index (Phi) is 5.11. The SMILES string of the molecule is CC(C)Cc1ncc2c(n1)CN(C(=O)CCCN1CCCC1=O)C2. The van der Waals surface area contributed by atoms with E-state index >= 15 is 0 Å². The van der Waals surface area contributed by atoms with Gasteiger partial charge >= 0.3 is 0 Å². The van der Waals surface area contributed by atoms with Crippen molar-refractivity contribution in [1.82, 2.24) is 19.8 Å². The summed E-state index contributed by atoms with van der Waals surface area (Å²) in [5.74, 6) is 1.76. The summed E-state index contributed by atoms with van der Waals surface area (Å²) in [7, 11) is 0. The normalized spacial score (nSPS) is 17.0. The van der Waals surface area contributed by atoms with Crippen molar-refractivity contribution in [1.29, 1.82) is 0 Å². The highest BCUT2D eigenvalue weighted by Gasteiger charge is 2.26. The molecule has 24 heavy (non-hydrogen) atoms. The van der Waals surface area contributed by atoms with Gasteiger partial charge in [-0.15, -0.1) is 0 Å². The summed E-state index contributed by atoms with van der Waals surface area (Å²) in [6.07, 6.45) is 5.57. The third kappa shape index (κ3) is 3.91. The second-order valence-electron chi connectivity index (χ2n) is 7.19. The van der Waals surface area contributed by atoms with Gasteiger partial charge in [0.1, 0.15) is 5.82 Å². The molecule has 3 rings (SSSR count). The van der Waals surface area contributed by atoms with E-state index in [1.807, 2.05) is 16.0 Å². The molecule has 1 fully saturated rings. The van der Waals surface area contributed by atoms with Crippen molar-refractivity contribution < 1.29 is 9.59 Å². The van der Waals surface area contributed by atoms with Crippen LogP contribution < -0.4 is 0 Å². The average molecular weight is 330 g/mol. The Bertz CT molecular complexity index is 629. The van der Waals surface area contributed by atoms with Crippen LogP contribution in [0.4, 0.5) is 0 Å². The molecule has 0 unspecified atom stereocenters. The molecule has 6 heteroatoms. The Balaban J connectivity index is 1.49. The number of aromatic nitrogens is 2. The maximum Gasteiger partial charge on any atom is 0.223 e. The standard InChI is InChI=1S/C18H26N4O2/c1-13(2)9-16-19-10-14-11-22(12-15(14)20-16)18(24)6-4-8-21-7-3-5-17(21)23/h10,13H,3-9,11-12H2,1-2H3. The number of carbonyl (C=O) groups excluding carboxylic acids is 2. The van der Waals surface area contributed by atoms with Crippen LogP contribution in [0.2, 0.25) is 0 Å². The van der Waals surface area contributed by atoms with E-state index in [0.717, 1.165) is 42.9 Å². The van der Waals surface area contributed by atoms with Gasteiger partial charge in [0, 0.05) is 50.7 Å². The van der Waals surface area contributed by atoms with Crippen molar-refractivity contribution in [2.24, 2.45) is 5.92 Å². The summed E-state index contributed by atoms with van der Waals surface area (Å²) in [6, 6.07) is 0. The summed E-state index contributed by atoms with van der Waals surface area (Å²) in [6.45, 7) is 7.04. The van der Waals surface area contributed by atoms with E-state index in [1.165, 1.54) is 0 Å². The second kappa shape index (κ2) is 7.28. The Labute approximate surface area is 143 Å². The van der Waals surface area contributed by atoms with Crippen LogP contribution in [0.5, 0.6) is 0 Å². The van der Waals surface area contributed by atoms with Gasteiger partial charge in [-0.1, -0.05) is 13.8 Å². The van der Waals surface area contributed by atoms with Crippen molar-refractivity contribution >= 4 is 11.8 Å². The fraction of sp³-hybridized carbons (Fsp3) is 0.667. The first kappa shape index (κ1) is 16.9. The summed E-state index contributed by atoms with van der Waals surface area (Å²) in [5.41, 5.74) is 2.05. The summed E-state index contributed by atoms with van der Waals surface area (Å²) in [4.78, 5) is 36.7. The van der Waals surface area contributed by atoms with Gasteiger partial charge in [-0.3, -0.25) is 9.59 Å². The van der Waals surface area contributed by atoms with Gasteiger partial charge in [0.25, 0.3) is 0 Å². The molecule has 1 saturated heterocycles. The highest BCUT2D eigenvalue weighted by molar-refractivity contribution is 5.78. The molecule has 0 aromatic carbocycles. The van der Waals surface area contributed by atoms with Gasteiger partial charge in [0.2, 0.25) is 11.8 Å². The zero-order valence-electron chi connectivity index (χ0n) is 14.6. The highest BCUT2D eigenvalue weighted by Crippen LogP contribution is 2.22. The monoisotopic (exact) mass is 330 g/mol. The minimum atomic E-state index is 0.144. The molecule has 3 heterocycles. The van der Waals surface area contributed by atoms with E-state index in [9.17, 15) is 9.59 Å². The molecule has 0 aliphatic carbocycles. The quantitative estimate of drug-likeness (QED) is 0.799. The molecule has 1 aromatic heterocycles. The highest BCUT2D eigenvalue weighted by atomic mass is 16.2. The minimum absolute atomic E-state index is 0.144. The van der Waals surface area contributed by atoms with E-state index in [2.05, 4.69) is 23.8 Å². The summed E-state index contributed by atoms with van der Waals surface area (Å²) in [5, 5.41) is 0. The van der Waals surface area contributed by atoms with E-state index in [-0.39, 0.29) is 11.8 Å². The second-order valence-corrected chi connectivity index (χ2v) is 7.19. The maximum atomic E-state index is 12.4. The predicted molar refractivity (Wildman–Crippen MR) is 89.9 cm³/mol. The number of amides is 2. The third-order valence-corrected chi connectivity index (χ3v) is 4.64. The number of rotatable bonds is 6. The predicted octanol–water partition coefficient (Wildman–Crippen LogP) is 1.92. The van der Waals surface area contributed by atoms with Crippen LogP contribution in [-0.2, 0) is 29.1 Å². The smallest absolute Gasteiger partial charge is 0.223 e. The molecule has 0 saturated carbocycles. The van der Waals surface area contributed by atoms with E-state index in [4.69, 9.17) is 0 Å². The van der Waals surface area contributed by atoms with Crippen molar-refractivity contribution in [2.45, 2.75) is 59.0 Å². The molecule has 0 radical (unpaired) electrons. The summed E-state index contributed by atoms with van der Waals surface area (Å²) >= 11 is 0. The lowest BCUT2D eigenvalue weighted by atomic mass is 10.1. The van der Waals surface area contributed by atoms with Crippen molar-refractivity contribution in [2.75, 3.05) is 13.1 Å². The lowest BCUT2D eigenvalue weighted by Gasteiger charge is -2.17. The van der Waals surface area contributed by atoms with Gasteiger partial charge in [-0.05, 0) is 18.8 Å². The molecule has 0 atom stereocenters. The zero-order chi connectivity index (χ0) is 17.1. The van der Waals surface area contributed by atoms with Crippen molar-refractivity contribution in [3.63, 3.8) is 0 Å². The van der Waals surface area contributed by atoms with Crippen molar-refractivity contribution in [3.8, 4) is 0 Å². The Morgan fingerprint density at radius 3 is 2.88 bits per heavy atom. The number of likely N-dealkylation sites (tertiary alicyclic amines) is 1. The Hall–Kier alpha value is -1.98. The molecular weight excluding hydrogens is 304 g/mol. The first-order chi connectivity index (χ1) is 11.5. The molecular formula is C18H26N4O2. The molecule has 130 valence electrons. The first-order valence-electron chi connectivity index (χ1n) is 8.92. The first-order valence-corrected chi connectivity index (χ1v) is 8.92. The van der Waals surface area contributed by atoms with E-state index < -0.39 is 0 Å². The molecule has 0 N–H and O–H groups in total. The van der Waals surface area contributed by atoms with Crippen LogP contribution in [0.25, 0.3) is 0 Å². The fourth-order valence-corrected chi connectivity index (χ4v) is 3.35. The number of nitrogens with zero attached hydrogens (tertiary/aromatic N) is 4. The van der Waals surface area contributed by atoms with Gasteiger partial charge < -0.3 is 9.80 Å². The molecule has 0 bridgehead atoms. The van der Waals surface area contributed by atoms with Gasteiger partial charge in [0.15, 0.2) is 0 Å². The minimum Gasteiger partial charge on any atom is -0.343 e. The molecule has 1 aromatic rings. The Morgan fingerprint density at radius 1 is 1.33 bits per heavy atom. The van der Waals surface area contributed by atoms with E-state index in [1.54, 1.807) is 0 Å². The van der Waals surface area contributed by atoms with Crippen LogP contribution in [0, 0.1) is 5.92 Å². The molecule has 2 aliphatic rings. The maximum absolute atomic E-state index is 12.4. The van der Waals surface area contributed by atoms with Crippen LogP contribution in [-0.4, -0.2) is 44.7 Å². The van der Waals surface area contributed by atoms with Gasteiger partial charge in [-0.2, -0.15) is 0 Å². The van der Waals surface area contributed by atoms with Crippen LogP contribution >= 0.6 is 0 Å². The fourth-order valence-electron chi connectivity index (χ4n) is 3.35. The summed E-state index contributed by atoms with van der Waals surface area (Å²) < 4.78 is 0. The molecule has 0 spiro atoms. The molecule has 6 nitrogen and oxygen atoms in total. The van der Waals surface area contributed by atoms with Crippen molar-refractivity contribution in [3.05, 3.63) is 23.3 Å². The van der Waals surface area contributed by atoms with Crippen LogP contribution in [0.15, 0.2) is 6.20 Å². The zero-order valence-corrected chi connectivity index (χ0v) is 14.6. The number of fused-ring (bicyclic) bond motifs is 1. The van der Waals surface area contributed by atoms with Crippen LogP contribution in [0.3, 0.4) is 0 Å². The van der Waals surface area contributed by atoms with Gasteiger partial charge in [0.05, 0.1) is 12.2 Å². The Morgan fingerprint density at radius 2 is 2.17 bits per heavy atom. The average Bonchev–Trinajstić information content (AvgIpc) is 3.12. The number of hydrogen-bond donors (Lipinski definition) is 0. The number of hydrogen-bond acceptors (Lipinski definition) is 4. The largest absolute Gasteiger partial charge is 0.343 e. The lowest BCUT2D eigenvalue weighted by molar-refractivity contribution is -0.133. The van der Waals surface area contributed by atoms with Gasteiger partial charge in [-0.25, -0.2) is 9.97 Å². The van der Waals surface area contributed by atoms with Crippen LogP contribution in [0.1, 0.15) is 56.6 Å². The topological polar surface area (TPSA) is 66.4 Å². The number of carbonyl (C=O) groups is 2. The lowest BCUT2D eigenvalue weighted by Crippen LogP contribution is -2.29. The molecule has 2 aliphatic heterocycles. The third-order valence-electron chi connectivity index (χ3n) is 4.64.